The molecule has 0 heterocycles. The number of aliphatic hydroxyl groups is 1. The number of aliphatic hydroxyl groups excluding tert-OH is 1. The van der Waals surface area contributed by atoms with E-state index in [9.17, 15) is 10.1 Å². The van der Waals surface area contributed by atoms with Crippen LogP contribution in [0.4, 0.5) is 5.69 Å². The van der Waals surface area contributed by atoms with E-state index in [1.54, 1.807) is 6.07 Å². The van der Waals surface area contributed by atoms with E-state index in [0.29, 0.717) is 16.9 Å². The van der Waals surface area contributed by atoms with Crippen LogP contribution in [0.5, 0.6) is 5.75 Å². The van der Waals surface area contributed by atoms with E-state index in [-0.39, 0.29) is 18.2 Å². The van der Waals surface area contributed by atoms with E-state index in [1.807, 2.05) is 13.8 Å². The highest BCUT2D eigenvalue weighted by molar-refractivity contribution is 5.51. The molecule has 5 nitrogen and oxygen atoms in total. The molecule has 0 saturated heterocycles. The third-order valence-corrected chi connectivity index (χ3v) is 2.42. The zero-order chi connectivity index (χ0) is 12.3. The zero-order valence-corrected chi connectivity index (χ0v) is 9.56. The van der Waals surface area contributed by atoms with Crippen LogP contribution < -0.4 is 4.74 Å². The molecule has 0 saturated carbocycles. The second kappa shape index (κ2) is 4.94. The Hall–Kier alpha value is -1.62. The van der Waals surface area contributed by atoms with Gasteiger partial charge in [0.25, 0.3) is 5.69 Å². The highest BCUT2D eigenvalue weighted by Crippen LogP contribution is 2.33. The average Bonchev–Trinajstić information content (AvgIpc) is 2.26. The van der Waals surface area contributed by atoms with Gasteiger partial charge in [-0.25, -0.2) is 0 Å². The Bertz CT molecular complexity index is 401. The van der Waals surface area contributed by atoms with E-state index >= 15 is 0 Å². The number of nitro groups is 1. The van der Waals surface area contributed by atoms with E-state index in [0.717, 1.165) is 0 Å². The average molecular weight is 225 g/mol. The molecule has 0 bridgehead atoms. The molecule has 1 N–H and O–H groups in total. The second-order valence-electron chi connectivity index (χ2n) is 3.79. The summed E-state index contributed by atoms with van der Waals surface area (Å²) in [7, 11) is 1.48. The van der Waals surface area contributed by atoms with Crippen molar-refractivity contribution >= 4 is 5.69 Å². The molecule has 0 unspecified atom stereocenters. The lowest BCUT2D eigenvalue weighted by molar-refractivity contribution is -0.385. The quantitative estimate of drug-likeness (QED) is 0.629. The SMILES string of the molecule is COc1cc(C(C)C)c([N+](=O)[O-])cc1CO. The minimum absolute atomic E-state index is 0.0276. The van der Waals surface area contributed by atoms with Gasteiger partial charge in [-0.1, -0.05) is 13.8 Å². The summed E-state index contributed by atoms with van der Waals surface area (Å²) >= 11 is 0. The Morgan fingerprint density at radius 3 is 2.50 bits per heavy atom. The molecule has 0 atom stereocenters. The Balaban J connectivity index is 3.41. The second-order valence-corrected chi connectivity index (χ2v) is 3.79. The van der Waals surface area contributed by atoms with Crippen molar-refractivity contribution in [1.29, 1.82) is 0 Å². The van der Waals surface area contributed by atoms with Gasteiger partial charge in [0, 0.05) is 17.2 Å². The molecule has 0 aromatic heterocycles. The maximum Gasteiger partial charge on any atom is 0.273 e. The molecule has 0 aliphatic heterocycles. The van der Waals surface area contributed by atoms with Gasteiger partial charge in [0.15, 0.2) is 0 Å². The number of ether oxygens (including phenoxy) is 1. The van der Waals surface area contributed by atoms with Gasteiger partial charge in [-0.15, -0.1) is 0 Å². The topological polar surface area (TPSA) is 72.6 Å². The molecule has 0 aliphatic carbocycles. The van der Waals surface area contributed by atoms with Gasteiger partial charge in [0.1, 0.15) is 5.75 Å². The zero-order valence-electron chi connectivity index (χ0n) is 9.56. The fourth-order valence-electron chi connectivity index (χ4n) is 1.56. The third kappa shape index (κ3) is 2.30. The van der Waals surface area contributed by atoms with Crippen LogP contribution in [-0.2, 0) is 6.61 Å². The Kier molecular flexibility index (Phi) is 3.84. The van der Waals surface area contributed by atoms with Crippen LogP contribution in [0.15, 0.2) is 12.1 Å². The maximum absolute atomic E-state index is 10.9. The third-order valence-electron chi connectivity index (χ3n) is 2.42. The molecule has 0 fully saturated rings. The van der Waals surface area contributed by atoms with Crippen LogP contribution in [0.3, 0.4) is 0 Å². The van der Waals surface area contributed by atoms with Crippen molar-refractivity contribution in [2.24, 2.45) is 0 Å². The Morgan fingerprint density at radius 1 is 1.50 bits per heavy atom. The van der Waals surface area contributed by atoms with E-state index < -0.39 is 4.92 Å². The lowest BCUT2D eigenvalue weighted by Gasteiger charge is -2.11. The molecule has 88 valence electrons. The maximum atomic E-state index is 10.9. The number of methoxy groups -OCH3 is 1. The largest absolute Gasteiger partial charge is 0.496 e. The lowest BCUT2D eigenvalue weighted by Crippen LogP contribution is -2.01. The molecule has 1 rings (SSSR count). The lowest BCUT2D eigenvalue weighted by atomic mass is 9.98. The van der Waals surface area contributed by atoms with Crippen molar-refractivity contribution in [3.05, 3.63) is 33.4 Å². The first-order valence-electron chi connectivity index (χ1n) is 4.97. The fraction of sp³-hybridized carbons (Fsp3) is 0.455. The highest BCUT2D eigenvalue weighted by atomic mass is 16.6. The van der Waals surface area contributed by atoms with Crippen molar-refractivity contribution < 1.29 is 14.8 Å². The molecule has 0 spiro atoms. The summed E-state index contributed by atoms with van der Waals surface area (Å²) in [4.78, 5) is 10.4. The molecular formula is C11H15NO4. The van der Waals surface area contributed by atoms with Crippen molar-refractivity contribution in [3.63, 3.8) is 0 Å². The summed E-state index contributed by atoms with van der Waals surface area (Å²) in [6.45, 7) is 3.48. The fourth-order valence-corrected chi connectivity index (χ4v) is 1.56. The first-order chi connectivity index (χ1) is 7.51. The van der Waals surface area contributed by atoms with Gasteiger partial charge >= 0.3 is 0 Å². The number of hydrogen-bond acceptors (Lipinski definition) is 4. The van der Waals surface area contributed by atoms with Gasteiger partial charge < -0.3 is 9.84 Å². The first kappa shape index (κ1) is 12.4. The van der Waals surface area contributed by atoms with Crippen LogP contribution >= 0.6 is 0 Å². The molecule has 16 heavy (non-hydrogen) atoms. The summed E-state index contributed by atoms with van der Waals surface area (Å²) in [6.07, 6.45) is 0. The van der Waals surface area contributed by atoms with Gasteiger partial charge in [0.05, 0.1) is 18.6 Å². The van der Waals surface area contributed by atoms with Crippen molar-refractivity contribution in [2.75, 3.05) is 7.11 Å². The minimum Gasteiger partial charge on any atom is -0.496 e. The van der Waals surface area contributed by atoms with Gasteiger partial charge in [0.2, 0.25) is 0 Å². The van der Waals surface area contributed by atoms with Crippen molar-refractivity contribution in [1.82, 2.24) is 0 Å². The van der Waals surface area contributed by atoms with Crippen molar-refractivity contribution in [2.45, 2.75) is 26.4 Å². The van der Waals surface area contributed by atoms with Crippen LogP contribution in [0, 0.1) is 10.1 Å². The normalized spacial score (nSPS) is 10.6. The van der Waals surface area contributed by atoms with E-state index in [2.05, 4.69) is 0 Å². The van der Waals surface area contributed by atoms with Gasteiger partial charge in [-0.3, -0.25) is 10.1 Å². The predicted molar refractivity (Wildman–Crippen MR) is 59.7 cm³/mol. The number of nitro benzene ring substituents is 1. The first-order valence-corrected chi connectivity index (χ1v) is 4.97. The monoisotopic (exact) mass is 225 g/mol. The molecule has 1 aromatic carbocycles. The predicted octanol–water partition coefficient (Wildman–Crippen LogP) is 2.22. The van der Waals surface area contributed by atoms with Crippen LogP contribution in [0.2, 0.25) is 0 Å². The standard InChI is InChI=1S/C11H15NO4/c1-7(2)9-5-11(16-3)8(6-13)4-10(9)12(14)15/h4-5,7,13H,6H2,1-3H3. The number of rotatable bonds is 4. The highest BCUT2D eigenvalue weighted by Gasteiger charge is 2.20. The number of nitrogens with zero attached hydrogens (tertiary/aromatic N) is 1. The van der Waals surface area contributed by atoms with Crippen LogP contribution in [0.25, 0.3) is 0 Å². The molecule has 0 aliphatic rings. The Labute approximate surface area is 93.8 Å². The van der Waals surface area contributed by atoms with E-state index in [1.165, 1.54) is 13.2 Å². The number of hydrogen-bond donors (Lipinski definition) is 1. The summed E-state index contributed by atoms with van der Waals surface area (Å²) < 4.78 is 5.08. The summed E-state index contributed by atoms with van der Waals surface area (Å²) in [5.74, 6) is 0.513. The number of benzene rings is 1. The minimum atomic E-state index is -0.437. The molecular weight excluding hydrogens is 210 g/mol. The van der Waals surface area contributed by atoms with E-state index in [4.69, 9.17) is 9.84 Å². The summed E-state index contributed by atoms with van der Waals surface area (Å²) in [5, 5.41) is 20.0. The van der Waals surface area contributed by atoms with Crippen molar-refractivity contribution in [3.8, 4) is 5.75 Å². The Morgan fingerprint density at radius 2 is 2.12 bits per heavy atom. The van der Waals surface area contributed by atoms with Gasteiger partial charge in [-0.2, -0.15) is 0 Å². The van der Waals surface area contributed by atoms with Crippen LogP contribution in [-0.4, -0.2) is 17.1 Å². The summed E-state index contributed by atoms with van der Waals surface area (Å²) in [5.41, 5.74) is 1.07. The van der Waals surface area contributed by atoms with Crippen LogP contribution in [0.1, 0.15) is 30.9 Å². The molecule has 0 radical (unpaired) electrons. The summed E-state index contributed by atoms with van der Waals surface area (Å²) in [6, 6.07) is 2.99. The smallest absolute Gasteiger partial charge is 0.273 e. The van der Waals surface area contributed by atoms with Gasteiger partial charge in [-0.05, 0) is 12.0 Å². The molecule has 0 amide bonds. The molecule has 5 heteroatoms. The molecule has 1 aromatic rings.